The molecule has 0 aromatic rings. The fourth-order valence-corrected chi connectivity index (χ4v) is 2.37. The highest BCUT2D eigenvalue weighted by Gasteiger charge is 2.50. The summed E-state index contributed by atoms with van der Waals surface area (Å²) >= 11 is 0. The SMILES string of the molecule is COC(=O)C1(C)C[C@@H](C)CN1C(=O)OC(C)(C)C. The minimum Gasteiger partial charge on any atom is -0.467 e. The van der Waals surface area contributed by atoms with Gasteiger partial charge >= 0.3 is 12.1 Å². The summed E-state index contributed by atoms with van der Waals surface area (Å²) in [7, 11) is 1.34. The fourth-order valence-electron chi connectivity index (χ4n) is 2.37. The van der Waals surface area contributed by atoms with Gasteiger partial charge in [0.15, 0.2) is 0 Å². The molecular formula is C13H23NO4. The number of rotatable bonds is 1. The molecule has 0 N–H and O–H groups in total. The van der Waals surface area contributed by atoms with Crippen LogP contribution in [0.25, 0.3) is 0 Å². The molecule has 1 unspecified atom stereocenters. The molecule has 0 aromatic heterocycles. The summed E-state index contributed by atoms with van der Waals surface area (Å²) in [5, 5.41) is 0. The highest BCUT2D eigenvalue weighted by Crippen LogP contribution is 2.35. The van der Waals surface area contributed by atoms with Crippen molar-refractivity contribution in [3.63, 3.8) is 0 Å². The average molecular weight is 257 g/mol. The van der Waals surface area contributed by atoms with E-state index in [1.165, 1.54) is 12.0 Å². The van der Waals surface area contributed by atoms with Crippen LogP contribution >= 0.6 is 0 Å². The number of hydrogen-bond acceptors (Lipinski definition) is 4. The number of likely N-dealkylation sites (tertiary alicyclic amines) is 1. The molecular weight excluding hydrogens is 234 g/mol. The smallest absolute Gasteiger partial charge is 0.411 e. The highest BCUT2D eigenvalue weighted by atomic mass is 16.6. The Labute approximate surface area is 108 Å². The summed E-state index contributed by atoms with van der Waals surface area (Å²) in [6.45, 7) is 9.66. The number of carbonyl (C=O) groups is 2. The highest BCUT2D eigenvalue weighted by molar-refractivity contribution is 5.86. The van der Waals surface area contributed by atoms with Crippen molar-refractivity contribution < 1.29 is 19.1 Å². The molecule has 0 spiro atoms. The van der Waals surface area contributed by atoms with Gasteiger partial charge in [-0.25, -0.2) is 9.59 Å². The number of amides is 1. The molecule has 2 atom stereocenters. The maximum atomic E-state index is 12.1. The summed E-state index contributed by atoms with van der Waals surface area (Å²) in [6.07, 6.45) is 0.138. The van der Waals surface area contributed by atoms with Gasteiger partial charge in [-0.05, 0) is 40.0 Å². The second-order valence-corrected chi connectivity index (χ2v) is 6.17. The first-order chi connectivity index (χ1) is 8.10. The maximum absolute atomic E-state index is 12.1. The van der Waals surface area contributed by atoms with Gasteiger partial charge in [-0.2, -0.15) is 0 Å². The first-order valence-corrected chi connectivity index (χ1v) is 6.19. The van der Waals surface area contributed by atoms with E-state index < -0.39 is 23.2 Å². The van der Waals surface area contributed by atoms with Gasteiger partial charge in [-0.15, -0.1) is 0 Å². The molecule has 0 bridgehead atoms. The average Bonchev–Trinajstić information content (AvgIpc) is 2.51. The van der Waals surface area contributed by atoms with E-state index in [-0.39, 0.29) is 5.92 Å². The first kappa shape index (κ1) is 14.8. The molecule has 0 aliphatic carbocycles. The van der Waals surface area contributed by atoms with Gasteiger partial charge in [0.2, 0.25) is 0 Å². The molecule has 1 amide bonds. The van der Waals surface area contributed by atoms with E-state index in [2.05, 4.69) is 0 Å². The first-order valence-electron chi connectivity index (χ1n) is 6.19. The predicted molar refractivity (Wildman–Crippen MR) is 67.1 cm³/mol. The minimum absolute atomic E-state index is 0.251. The molecule has 104 valence electrons. The summed E-state index contributed by atoms with van der Waals surface area (Å²) in [4.78, 5) is 25.5. The van der Waals surface area contributed by atoms with Crippen molar-refractivity contribution >= 4 is 12.1 Å². The van der Waals surface area contributed by atoms with Crippen LogP contribution in [0.15, 0.2) is 0 Å². The van der Waals surface area contributed by atoms with Crippen LogP contribution < -0.4 is 0 Å². The van der Waals surface area contributed by atoms with Crippen LogP contribution in [-0.4, -0.2) is 41.8 Å². The van der Waals surface area contributed by atoms with Gasteiger partial charge in [-0.3, -0.25) is 4.90 Å². The van der Waals surface area contributed by atoms with Gasteiger partial charge < -0.3 is 9.47 Å². The molecule has 18 heavy (non-hydrogen) atoms. The number of ether oxygens (including phenoxy) is 2. The zero-order chi connectivity index (χ0) is 14.1. The lowest BCUT2D eigenvalue weighted by atomic mass is 9.95. The predicted octanol–water partition coefficient (Wildman–Crippen LogP) is 2.20. The van der Waals surface area contributed by atoms with Crippen molar-refractivity contribution in [2.75, 3.05) is 13.7 Å². The third kappa shape index (κ3) is 2.94. The van der Waals surface area contributed by atoms with Crippen molar-refractivity contribution in [2.45, 2.75) is 52.2 Å². The van der Waals surface area contributed by atoms with Crippen LogP contribution in [0.2, 0.25) is 0 Å². The third-order valence-corrected chi connectivity index (χ3v) is 3.07. The number of carbonyl (C=O) groups excluding carboxylic acids is 2. The van der Waals surface area contributed by atoms with E-state index in [4.69, 9.17) is 9.47 Å². The number of methoxy groups -OCH3 is 1. The van der Waals surface area contributed by atoms with Gasteiger partial charge in [0.25, 0.3) is 0 Å². The lowest BCUT2D eigenvalue weighted by molar-refractivity contribution is -0.152. The van der Waals surface area contributed by atoms with Crippen LogP contribution in [-0.2, 0) is 14.3 Å². The monoisotopic (exact) mass is 257 g/mol. The maximum Gasteiger partial charge on any atom is 0.411 e. The van der Waals surface area contributed by atoms with E-state index >= 15 is 0 Å². The standard InChI is InChI=1S/C13H23NO4/c1-9-7-13(5,10(15)17-6)14(8-9)11(16)18-12(2,3)4/h9H,7-8H2,1-6H3/t9-,13?/m1/s1. The fraction of sp³-hybridized carbons (Fsp3) is 0.846. The Hall–Kier alpha value is -1.26. The van der Waals surface area contributed by atoms with Gasteiger partial charge in [0.05, 0.1) is 7.11 Å². The molecule has 5 heteroatoms. The Kier molecular flexibility index (Phi) is 3.93. The quantitative estimate of drug-likeness (QED) is 0.676. The normalized spacial score (nSPS) is 28.1. The lowest BCUT2D eigenvalue weighted by Gasteiger charge is -2.33. The number of hydrogen-bond donors (Lipinski definition) is 0. The third-order valence-electron chi connectivity index (χ3n) is 3.07. The van der Waals surface area contributed by atoms with Crippen LogP contribution in [0, 0.1) is 5.92 Å². The summed E-state index contributed by atoms with van der Waals surface area (Å²) in [5.41, 5.74) is -1.49. The van der Waals surface area contributed by atoms with E-state index in [9.17, 15) is 9.59 Å². The molecule has 1 aliphatic heterocycles. The van der Waals surface area contributed by atoms with Crippen LogP contribution in [0.3, 0.4) is 0 Å². The largest absolute Gasteiger partial charge is 0.467 e. The molecule has 1 heterocycles. The van der Waals surface area contributed by atoms with Crippen molar-refractivity contribution in [2.24, 2.45) is 5.92 Å². The van der Waals surface area contributed by atoms with Gasteiger partial charge in [-0.1, -0.05) is 6.92 Å². The van der Waals surface area contributed by atoms with E-state index in [1.54, 1.807) is 27.7 Å². The Balaban J connectivity index is 2.92. The second kappa shape index (κ2) is 4.78. The Morgan fingerprint density at radius 2 is 1.89 bits per heavy atom. The van der Waals surface area contributed by atoms with E-state index in [1.807, 2.05) is 6.92 Å². The van der Waals surface area contributed by atoms with Crippen molar-refractivity contribution in [1.29, 1.82) is 0 Å². The molecule has 1 fully saturated rings. The van der Waals surface area contributed by atoms with Crippen molar-refractivity contribution in [3.8, 4) is 0 Å². The van der Waals surface area contributed by atoms with Crippen LogP contribution in [0.1, 0.15) is 41.0 Å². The molecule has 5 nitrogen and oxygen atoms in total. The summed E-state index contributed by atoms with van der Waals surface area (Å²) in [6, 6.07) is 0. The van der Waals surface area contributed by atoms with Crippen LogP contribution in [0.4, 0.5) is 4.79 Å². The number of esters is 1. The Bertz CT molecular complexity index is 347. The molecule has 0 saturated carbocycles. The summed E-state index contributed by atoms with van der Waals surface area (Å²) in [5.74, 6) is -0.140. The molecule has 0 radical (unpaired) electrons. The van der Waals surface area contributed by atoms with Crippen molar-refractivity contribution in [3.05, 3.63) is 0 Å². The van der Waals surface area contributed by atoms with E-state index in [0.29, 0.717) is 13.0 Å². The molecule has 1 aliphatic rings. The zero-order valence-corrected chi connectivity index (χ0v) is 12.1. The Morgan fingerprint density at radius 3 is 2.33 bits per heavy atom. The van der Waals surface area contributed by atoms with Crippen LogP contribution in [0.5, 0.6) is 0 Å². The van der Waals surface area contributed by atoms with E-state index in [0.717, 1.165) is 0 Å². The lowest BCUT2D eigenvalue weighted by Crippen LogP contribution is -2.52. The van der Waals surface area contributed by atoms with Crippen molar-refractivity contribution in [1.82, 2.24) is 4.90 Å². The second-order valence-electron chi connectivity index (χ2n) is 6.17. The molecule has 1 saturated heterocycles. The molecule has 1 rings (SSSR count). The minimum atomic E-state index is -0.920. The number of nitrogens with zero attached hydrogens (tertiary/aromatic N) is 1. The molecule has 0 aromatic carbocycles. The van der Waals surface area contributed by atoms with Gasteiger partial charge in [0, 0.05) is 6.54 Å². The van der Waals surface area contributed by atoms with Gasteiger partial charge in [0.1, 0.15) is 11.1 Å². The summed E-state index contributed by atoms with van der Waals surface area (Å²) < 4.78 is 10.1. The zero-order valence-electron chi connectivity index (χ0n) is 12.1. The topological polar surface area (TPSA) is 55.8 Å². The Morgan fingerprint density at radius 1 is 1.33 bits per heavy atom.